The summed E-state index contributed by atoms with van der Waals surface area (Å²) in [5.74, 6) is 1.61. The van der Waals surface area contributed by atoms with E-state index in [4.69, 9.17) is 4.74 Å². The Balaban J connectivity index is 1.29. The number of anilines is 1. The predicted molar refractivity (Wildman–Crippen MR) is 104 cm³/mol. The van der Waals surface area contributed by atoms with Crippen LogP contribution in [0, 0.1) is 11.8 Å². The highest BCUT2D eigenvalue weighted by Gasteiger charge is 2.63. The highest BCUT2D eigenvalue weighted by Crippen LogP contribution is 2.54. The summed E-state index contributed by atoms with van der Waals surface area (Å²) in [6.45, 7) is 4.55. The lowest BCUT2D eigenvalue weighted by molar-refractivity contribution is 0.0141. The Morgan fingerprint density at radius 3 is 3.04 bits per heavy atom. The van der Waals surface area contributed by atoms with Crippen molar-refractivity contribution in [3.8, 4) is 0 Å². The van der Waals surface area contributed by atoms with E-state index in [0.717, 1.165) is 48.7 Å². The zero-order valence-corrected chi connectivity index (χ0v) is 16.2. The quantitative estimate of drug-likeness (QED) is 0.858. The standard InChI is InChI=1S/C20H24N4O2S/c1-2-13-8-22-19(23-9-13)24-11-15-14(16-5-6-20(15,12-24)26-16)10-21-18(25)17-4-3-7-27-17/h3-4,7-9,14-16H,2,5-6,10-12H2,1H3,(H,21,25)/t14-,15+,16+,20+/m0/s1. The lowest BCUT2D eigenvalue weighted by Gasteiger charge is -2.29. The van der Waals surface area contributed by atoms with Crippen LogP contribution in [-0.4, -0.2) is 47.2 Å². The van der Waals surface area contributed by atoms with Gasteiger partial charge in [0.25, 0.3) is 5.91 Å². The molecule has 5 heterocycles. The number of hydrogen-bond acceptors (Lipinski definition) is 6. The summed E-state index contributed by atoms with van der Waals surface area (Å²) in [7, 11) is 0. The van der Waals surface area contributed by atoms with Crippen molar-refractivity contribution in [1.82, 2.24) is 15.3 Å². The number of ether oxygens (including phenoxy) is 1. The summed E-state index contributed by atoms with van der Waals surface area (Å²) < 4.78 is 6.47. The fourth-order valence-electron chi connectivity index (χ4n) is 5.02. The maximum atomic E-state index is 12.3. The number of thiophene rings is 1. The normalized spacial score (nSPS) is 31.3. The topological polar surface area (TPSA) is 67.4 Å². The van der Waals surface area contributed by atoms with E-state index < -0.39 is 0 Å². The van der Waals surface area contributed by atoms with Gasteiger partial charge in [0.15, 0.2) is 0 Å². The van der Waals surface area contributed by atoms with Gasteiger partial charge >= 0.3 is 0 Å². The summed E-state index contributed by atoms with van der Waals surface area (Å²) in [5, 5.41) is 5.07. The highest BCUT2D eigenvalue weighted by molar-refractivity contribution is 7.12. The molecule has 2 bridgehead atoms. The molecule has 0 aliphatic carbocycles. The first kappa shape index (κ1) is 17.1. The van der Waals surface area contributed by atoms with Gasteiger partial charge in [0.2, 0.25) is 5.95 Å². The third-order valence-corrected chi connectivity index (χ3v) is 7.28. The molecular weight excluding hydrogens is 360 g/mol. The first-order chi connectivity index (χ1) is 13.2. The number of nitrogens with one attached hydrogen (secondary N) is 1. The summed E-state index contributed by atoms with van der Waals surface area (Å²) in [4.78, 5) is 24.5. The van der Waals surface area contributed by atoms with Gasteiger partial charge < -0.3 is 15.0 Å². The zero-order chi connectivity index (χ0) is 18.4. The van der Waals surface area contributed by atoms with Crippen LogP contribution in [0.5, 0.6) is 0 Å². The van der Waals surface area contributed by atoms with Crippen LogP contribution in [0.2, 0.25) is 0 Å². The summed E-state index contributed by atoms with van der Waals surface area (Å²) in [6.07, 6.45) is 7.24. The van der Waals surface area contributed by atoms with Crippen LogP contribution in [0.25, 0.3) is 0 Å². The number of aromatic nitrogens is 2. The molecule has 142 valence electrons. The molecule has 2 aromatic heterocycles. The average Bonchev–Trinajstić information content (AvgIpc) is 3.46. The minimum Gasteiger partial charge on any atom is -0.369 e. The monoisotopic (exact) mass is 384 g/mol. The molecule has 1 N–H and O–H groups in total. The molecule has 27 heavy (non-hydrogen) atoms. The maximum Gasteiger partial charge on any atom is 0.261 e. The average molecular weight is 385 g/mol. The van der Waals surface area contributed by atoms with E-state index in [0.29, 0.717) is 18.4 Å². The largest absolute Gasteiger partial charge is 0.369 e. The maximum absolute atomic E-state index is 12.3. The van der Waals surface area contributed by atoms with Gasteiger partial charge in [-0.3, -0.25) is 4.79 Å². The Morgan fingerprint density at radius 1 is 1.44 bits per heavy atom. The first-order valence-electron chi connectivity index (χ1n) is 9.74. The molecule has 0 unspecified atom stereocenters. The fourth-order valence-corrected chi connectivity index (χ4v) is 5.66. The van der Waals surface area contributed by atoms with Crippen molar-refractivity contribution in [3.05, 3.63) is 40.3 Å². The molecule has 1 spiro atoms. The summed E-state index contributed by atoms with van der Waals surface area (Å²) in [5.41, 5.74) is 1.07. The predicted octanol–water partition coefficient (Wildman–Crippen LogP) is 2.51. The van der Waals surface area contributed by atoms with Gasteiger partial charge in [0, 0.05) is 37.3 Å². The third kappa shape index (κ3) is 2.84. The van der Waals surface area contributed by atoms with Crippen molar-refractivity contribution in [3.63, 3.8) is 0 Å². The van der Waals surface area contributed by atoms with Crippen molar-refractivity contribution >= 4 is 23.2 Å². The number of carbonyl (C=O) groups is 1. The number of rotatable bonds is 5. The van der Waals surface area contributed by atoms with Gasteiger partial charge in [0.05, 0.1) is 23.1 Å². The molecule has 4 atom stereocenters. The van der Waals surface area contributed by atoms with Crippen LogP contribution in [-0.2, 0) is 11.2 Å². The number of hydrogen-bond donors (Lipinski definition) is 1. The fraction of sp³-hybridized carbons (Fsp3) is 0.550. The van der Waals surface area contributed by atoms with Crippen molar-refractivity contribution in [2.45, 2.75) is 37.9 Å². The Hall–Kier alpha value is -1.99. The van der Waals surface area contributed by atoms with Gasteiger partial charge in [-0.2, -0.15) is 0 Å². The zero-order valence-electron chi connectivity index (χ0n) is 15.4. The molecule has 2 aromatic rings. The second kappa shape index (κ2) is 6.56. The van der Waals surface area contributed by atoms with E-state index in [1.165, 1.54) is 11.3 Å². The Kier molecular flexibility index (Phi) is 4.16. The molecule has 0 radical (unpaired) electrons. The highest BCUT2D eigenvalue weighted by atomic mass is 32.1. The summed E-state index contributed by atoms with van der Waals surface area (Å²) >= 11 is 1.48. The van der Waals surface area contributed by atoms with Crippen molar-refractivity contribution in [2.75, 3.05) is 24.5 Å². The molecule has 0 saturated carbocycles. The van der Waals surface area contributed by atoms with Crippen LogP contribution in [0.4, 0.5) is 5.95 Å². The van der Waals surface area contributed by atoms with Gasteiger partial charge in [-0.25, -0.2) is 9.97 Å². The van der Waals surface area contributed by atoms with Gasteiger partial charge in [0.1, 0.15) is 0 Å². The Labute approximate surface area is 163 Å². The molecule has 1 amide bonds. The number of aryl methyl sites for hydroxylation is 1. The van der Waals surface area contributed by atoms with E-state index in [2.05, 4.69) is 27.1 Å². The molecule has 6 nitrogen and oxygen atoms in total. The molecule has 5 rings (SSSR count). The summed E-state index contributed by atoms with van der Waals surface area (Å²) in [6, 6.07) is 3.78. The van der Waals surface area contributed by atoms with E-state index in [9.17, 15) is 4.79 Å². The number of fused-ring (bicyclic) bond motifs is 1. The third-order valence-electron chi connectivity index (χ3n) is 6.41. The van der Waals surface area contributed by atoms with Crippen LogP contribution < -0.4 is 10.2 Å². The minimum absolute atomic E-state index is 0.0233. The number of carbonyl (C=O) groups excluding carboxylic acids is 1. The van der Waals surface area contributed by atoms with Gasteiger partial charge in [-0.15, -0.1) is 11.3 Å². The second-order valence-electron chi connectivity index (χ2n) is 7.84. The number of nitrogens with zero attached hydrogens (tertiary/aromatic N) is 3. The Bertz CT molecular complexity index is 825. The lowest BCUT2D eigenvalue weighted by Crippen LogP contribution is -2.41. The van der Waals surface area contributed by atoms with Gasteiger partial charge in [-0.1, -0.05) is 13.0 Å². The molecular formula is C20H24N4O2S. The van der Waals surface area contributed by atoms with Crippen molar-refractivity contribution in [2.24, 2.45) is 11.8 Å². The number of amides is 1. The lowest BCUT2D eigenvalue weighted by atomic mass is 9.73. The molecule has 3 fully saturated rings. The van der Waals surface area contributed by atoms with E-state index in [1.807, 2.05) is 29.9 Å². The molecule has 7 heteroatoms. The van der Waals surface area contributed by atoms with E-state index in [1.54, 1.807) is 0 Å². The van der Waals surface area contributed by atoms with Crippen LogP contribution in [0.1, 0.15) is 35.0 Å². The van der Waals surface area contributed by atoms with Crippen LogP contribution in [0.15, 0.2) is 29.9 Å². The van der Waals surface area contributed by atoms with E-state index in [-0.39, 0.29) is 17.6 Å². The molecule has 3 aliphatic heterocycles. The first-order valence-corrected chi connectivity index (χ1v) is 10.6. The van der Waals surface area contributed by atoms with Crippen LogP contribution in [0.3, 0.4) is 0 Å². The molecule has 0 aromatic carbocycles. The smallest absolute Gasteiger partial charge is 0.261 e. The SMILES string of the molecule is CCc1cnc(N2C[C@@H]3[C@H](CNC(=O)c4cccs4)[C@H]4CC[C@]3(C2)O4)nc1. The minimum atomic E-state index is -0.0875. The molecule has 3 aliphatic rings. The van der Waals surface area contributed by atoms with Crippen LogP contribution >= 0.6 is 11.3 Å². The Morgan fingerprint density at radius 2 is 2.30 bits per heavy atom. The van der Waals surface area contributed by atoms with Gasteiger partial charge in [-0.05, 0) is 36.3 Å². The van der Waals surface area contributed by atoms with E-state index >= 15 is 0 Å². The van der Waals surface area contributed by atoms with Crippen molar-refractivity contribution < 1.29 is 9.53 Å². The molecule has 3 saturated heterocycles. The second-order valence-corrected chi connectivity index (χ2v) is 8.79. The van der Waals surface area contributed by atoms with Crippen molar-refractivity contribution in [1.29, 1.82) is 0 Å².